The number of carbonyl (C=O) groups is 2. The molecule has 1 aromatic carbocycles. The number of nitrogens with zero attached hydrogens (tertiary/aromatic N) is 3. The lowest BCUT2D eigenvalue weighted by Gasteiger charge is -2.28. The Kier molecular flexibility index (Phi) is 3.40. The number of H-pyrrole nitrogens is 1. The second kappa shape index (κ2) is 5.47. The van der Waals surface area contributed by atoms with Crippen molar-refractivity contribution in [3.8, 4) is 0 Å². The van der Waals surface area contributed by atoms with Crippen LogP contribution in [-0.2, 0) is 4.79 Å². The van der Waals surface area contributed by atoms with Crippen LogP contribution in [0.2, 0.25) is 0 Å². The summed E-state index contributed by atoms with van der Waals surface area (Å²) in [6.45, 7) is 1.77. The zero-order valence-corrected chi connectivity index (χ0v) is 13.6. The Labute approximate surface area is 140 Å². The zero-order chi connectivity index (χ0) is 16.7. The van der Waals surface area contributed by atoms with Crippen LogP contribution in [-0.4, -0.2) is 58.5 Å². The Morgan fingerprint density at radius 2 is 2.08 bits per heavy atom. The van der Waals surface area contributed by atoms with E-state index in [4.69, 9.17) is 0 Å². The molecule has 2 aliphatic heterocycles. The van der Waals surface area contributed by atoms with E-state index in [-0.39, 0.29) is 17.7 Å². The Hall–Kier alpha value is -2.63. The van der Waals surface area contributed by atoms with Gasteiger partial charge in [-0.2, -0.15) is 5.10 Å². The van der Waals surface area contributed by atoms with Crippen molar-refractivity contribution < 1.29 is 9.59 Å². The topological polar surface area (TPSA) is 69.3 Å². The molecule has 1 aromatic heterocycles. The minimum Gasteiger partial charge on any atom is -0.345 e. The van der Waals surface area contributed by atoms with E-state index in [0.717, 1.165) is 0 Å². The third-order valence-electron chi connectivity index (χ3n) is 5.42. The van der Waals surface area contributed by atoms with E-state index in [9.17, 15) is 9.59 Å². The summed E-state index contributed by atoms with van der Waals surface area (Å²) in [5.74, 6) is 0.186. The van der Waals surface area contributed by atoms with E-state index in [1.807, 2.05) is 30.1 Å². The van der Waals surface area contributed by atoms with Crippen molar-refractivity contribution in [3.63, 3.8) is 0 Å². The molecule has 6 nitrogen and oxygen atoms in total. The van der Waals surface area contributed by atoms with Crippen LogP contribution < -0.4 is 0 Å². The Morgan fingerprint density at radius 1 is 1.29 bits per heavy atom. The van der Waals surface area contributed by atoms with E-state index in [0.29, 0.717) is 31.7 Å². The SMILES string of the molecule is CN1CC(c2ccccc2)C2(CCN(C(=O)c3ccn[nH]3)C2)C1=O. The summed E-state index contributed by atoms with van der Waals surface area (Å²) in [4.78, 5) is 29.1. The molecule has 0 aliphatic carbocycles. The molecule has 6 heteroatoms. The quantitative estimate of drug-likeness (QED) is 0.910. The van der Waals surface area contributed by atoms with Crippen LogP contribution in [0, 0.1) is 5.41 Å². The van der Waals surface area contributed by atoms with E-state index in [1.54, 1.807) is 17.2 Å². The molecule has 2 atom stereocenters. The van der Waals surface area contributed by atoms with E-state index < -0.39 is 5.41 Å². The molecule has 2 fully saturated rings. The number of rotatable bonds is 2. The summed E-state index contributed by atoms with van der Waals surface area (Å²) in [5, 5.41) is 6.56. The number of amides is 2. The average molecular weight is 324 g/mol. The normalized spacial score (nSPS) is 26.5. The molecule has 2 aromatic rings. The number of aromatic nitrogens is 2. The molecule has 124 valence electrons. The van der Waals surface area contributed by atoms with Crippen molar-refractivity contribution in [2.75, 3.05) is 26.7 Å². The monoisotopic (exact) mass is 324 g/mol. The van der Waals surface area contributed by atoms with Gasteiger partial charge < -0.3 is 9.80 Å². The number of benzene rings is 1. The third-order valence-corrected chi connectivity index (χ3v) is 5.42. The predicted octanol–water partition coefficient (Wildman–Crippen LogP) is 1.50. The fourth-order valence-corrected chi connectivity index (χ4v) is 4.18. The zero-order valence-electron chi connectivity index (χ0n) is 13.6. The third kappa shape index (κ3) is 2.13. The van der Waals surface area contributed by atoms with Crippen LogP contribution in [0.15, 0.2) is 42.6 Å². The van der Waals surface area contributed by atoms with Gasteiger partial charge >= 0.3 is 0 Å². The fraction of sp³-hybridized carbons (Fsp3) is 0.389. The Morgan fingerprint density at radius 3 is 2.79 bits per heavy atom. The van der Waals surface area contributed by atoms with Crippen LogP contribution in [0.1, 0.15) is 28.4 Å². The Balaban J connectivity index is 1.65. The van der Waals surface area contributed by atoms with Crippen LogP contribution >= 0.6 is 0 Å². The van der Waals surface area contributed by atoms with Crippen LogP contribution in [0.3, 0.4) is 0 Å². The first-order valence-electron chi connectivity index (χ1n) is 8.21. The number of nitrogens with one attached hydrogen (secondary N) is 1. The minimum atomic E-state index is -0.508. The van der Waals surface area contributed by atoms with Crippen molar-refractivity contribution >= 4 is 11.8 Å². The van der Waals surface area contributed by atoms with Crippen molar-refractivity contribution in [2.24, 2.45) is 5.41 Å². The fourth-order valence-electron chi connectivity index (χ4n) is 4.18. The first-order valence-corrected chi connectivity index (χ1v) is 8.21. The molecule has 3 heterocycles. The maximum atomic E-state index is 12.9. The number of hydrogen-bond acceptors (Lipinski definition) is 3. The molecular weight excluding hydrogens is 304 g/mol. The molecule has 1 N–H and O–H groups in total. The molecular formula is C18H20N4O2. The molecule has 0 bridgehead atoms. The lowest BCUT2D eigenvalue weighted by molar-refractivity contribution is -0.134. The lowest BCUT2D eigenvalue weighted by atomic mass is 9.73. The second-order valence-corrected chi connectivity index (χ2v) is 6.75. The number of aromatic amines is 1. The molecule has 0 saturated carbocycles. The van der Waals surface area contributed by atoms with Gasteiger partial charge in [-0.1, -0.05) is 30.3 Å². The van der Waals surface area contributed by atoms with Gasteiger partial charge in [-0.05, 0) is 18.1 Å². The first-order chi connectivity index (χ1) is 11.6. The summed E-state index contributed by atoms with van der Waals surface area (Å²) >= 11 is 0. The lowest BCUT2D eigenvalue weighted by Crippen LogP contribution is -2.39. The maximum absolute atomic E-state index is 12.9. The van der Waals surface area contributed by atoms with Crippen molar-refractivity contribution in [2.45, 2.75) is 12.3 Å². The molecule has 1 spiro atoms. The van der Waals surface area contributed by atoms with Gasteiger partial charge in [-0.25, -0.2) is 0 Å². The minimum absolute atomic E-state index is 0.0847. The molecule has 4 rings (SSSR count). The van der Waals surface area contributed by atoms with Crippen LogP contribution in [0.5, 0.6) is 0 Å². The van der Waals surface area contributed by atoms with Crippen LogP contribution in [0.4, 0.5) is 0 Å². The average Bonchev–Trinajstić information content (AvgIpc) is 3.33. The molecule has 0 radical (unpaired) electrons. The highest BCUT2D eigenvalue weighted by atomic mass is 16.2. The number of likely N-dealkylation sites (N-methyl/N-ethyl adjacent to an activating group) is 1. The summed E-state index contributed by atoms with van der Waals surface area (Å²) in [6.07, 6.45) is 2.27. The second-order valence-electron chi connectivity index (χ2n) is 6.75. The Bertz CT molecular complexity index is 759. The number of carbonyl (C=O) groups excluding carboxylic acids is 2. The molecule has 2 amide bonds. The van der Waals surface area contributed by atoms with E-state index >= 15 is 0 Å². The summed E-state index contributed by atoms with van der Waals surface area (Å²) < 4.78 is 0. The maximum Gasteiger partial charge on any atom is 0.271 e. The molecule has 2 saturated heterocycles. The summed E-state index contributed by atoms with van der Waals surface area (Å²) in [7, 11) is 1.85. The highest BCUT2D eigenvalue weighted by Crippen LogP contribution is 2.49. The molecule has 2 aliphatic rings. The van der Waals surface area contributed by atoms with E-state index in [2.05, 4.69) is 22.3 Å². The van der Waals surface area contributed by atoms with Gasteiger partial charge in [0.25, 0.3) is 5.91 Å². The standard InChI is InChI=1S/C18H20N4O2/c1-21-11-14(13-5-3-2-4-6-13)18(17(21)24)8-10-22(12-18)16(23)15-7-9-19-20-15/h2-7,9,14H,8,10-12H2,1H3,(H,19,20). The molecule has 24 heavy (non-hydrogen) atoms. The van der Waals surface area contributed by atoms with E-state index in [1.165, 1.54) is 5.56 Å². The van der Waals surface area contributed by atoms with Crippen molar-refractivity contribution in [3.05, 3.63) is 53.9 Å². The molecule has 2 unspecified atom stereocenters. The number of hydrogen-bond donors (Lipinski definition) is 1. The largest absolute Gasteiger partial charge is 0.345 e. The predicted molar refractivity (Wildman–Crippen MR) is 88.4 cm³/mol. The van der Waals surface area contributed by atoms with Gasteiger partial charge in [-0.15, -0.1) is 0 Å². The summed E-state index contributed by atoms with van der Waals surface area (Å²) in [6, 6.07) is 11.8. The summed E-state index contributed by atoms with van der Waals surface area (Å²) in [5.41, 5.74) is 1.14. The first kappa shape index (κ1) is 14.9. The van der Waals surface area contributed by atoms with Gasteiger partial charge in [0.15, 0.2) is 0 Å². The van der Waals surface area contributed by atoms with Crippen molar-refractivity contribution in [1.29, 1.82) is 0 Å². The van der Waals surface area contributed by atoms with Crippen LogP contribution in [0.25, 0.3) is 0 Å². The van der Waals surface area contributed by atoms with Gasteiger partial charge in [0.2, 0.25) is 5.91 Å². The smallest absolute Gasteiger partial charge is 0.271 e. The van der Waals surface area contributed by atoms with Crippen molar-refractivity contribution in [1.82, 2.24) is 20.0 Å². The highest BCUT2D eigenvalue weighted by Gasteiger charge is 2.57. The van der Waals surface area contributed by atoms with Gasteiger partial charge in [0, 0.05) is 38.8 Å². The van der Waals surface area contributed by atoms with Gasteiger partial charge in [0.1, 0.15) is 5.69 Å². The van der Waals surface area contributed by atoms with Gasteiger partial charge in [0.05, 0.1) is 5.41 Å². The highest BCUT2D eigenvalue weighted by molar-refractivity contribution is 5.94. The number of likely N-dealkylation sites (tertiary alicyclic amines) is 2. The van der Waals surface area contributed by atoms with Gasteiger partial charge in [-0.3, -0.25) is 14.7 Å².